The number of ether oxygens (including phenoxy) is 5. The molecule has 0 spiro atoms. The van der Waals surface area contributed by atoms with Crippen molar-refractivity contribution in [1.29, 1.82) is 0 Å². The van der Waals surface area contributed by atoms with Gasteiger partial charge in [-0.1, -0.05) is 40.0 Å². The summed E-state index contributed by atoms with van der Waals surface area (Å²) in [7, 11) is 0. The maximum Gasteiger partial charge on any atom is 0.314 e. The van der Waals surface area contributed by atoms with Crippen molar-refractivity contribution < 1.29 is 38.0 Å². The van der Waals surface area contributed by atoms with Crippen molar-refractivity contribution in [2.75, 3.05) is 26.6 Å². The molecule has 9 heteroatoms. The predicted octanol–water partition coefficient (Wildman–Crippen LogP) is 7.63. The predicted molar refractivity (Wildman–Crippen MR) is 162 cm³/mol. The molecule has 0 aliphatic heterocycles. The lowest BCUT2D eigenvalue weighted by molar-refractivity contribution is -0.159. The molecule has 0 unspecified atom stereocenters. The number of rotatable bonds is 16. The molecule has 42 heavy (non-hydrogen) atoms. The van der Waals surface area contributed by atoms with Crippen molar-refractivity contribution in [1.82, 2.24) is 0 Å². The average molecular weight is 585 g/mol. The first kappa shape index (κ1) is 32.6. The summed E-state index contributed by atoms with van der Waals surface area (Å²) in [5.74, 6) is 0.666. The standard InChI is InChI=1S/C33H44O9/c1-7-10-15-37-23-19-24(34)28-27(20-23)42-30(31(29(28)35)39-17-12-9-3)22-13-14-25(38-16-11-8-2)26(18-22)40-21-41-32(36)33(4,5)6/h13-14,18-20,34H,7-12,15-17,21H2,1-6H3. The monoisotopic (exact) mass is 584 g/mol. The van der Waals surface area contributed by atoms with Crippen molar-refractivity contribution in [3.05, 3.63) is 40.6 Å². The van der Waals surface area contributed by atoms with Gasteiger partial charge in [-0.3, -0.25) is 9.59 Å². The number of unbranched alkanes of at least 4 members (excludes halogenated alkanes) is 3. The third-order valence-corrected chi connectivity index (χ3v) is 6.40. The fourth-order valence-electron chi connectivity index (χ4n) is 3.89. The number of aromatic hydroxyl groups is 1. The van der Waals surface area contributed by atoms with Gasteiger partial charge in [0.25, 0.3) is 0 Å². The number of fused-ring (bicyclic) bond motifs is 1. The van der Waals surface area contributed by atoms with Crippen LogP contribution in [0.1, 0.15) is 80.1 Å². The summed E-state index contributed by atoms with van der Waals surface area (Å²) in [5, 5.41) is 10.8. The summed E-state index contributed by atoms with van der Waals surface area (Å²) in [6.45, 7) is 12.3. The van der Waals surface area contributed by atoms with E-state index in [4.69, 9.17) is 28.1 Å². The minimum atomic E-state index is -0.685. The molecule has 0 bridgehead atoms. The topological polar surface area (TPSA) is 114 Å². The molecular formula is C33H44O9. The molecule has 0 fully saturated rings. The Balaban J connectivity index is 2.09. The number of hydrogen-bond donors (Lipinski definition) is 1. The molecule has 0 aliphatic carbocycles. The van der Waals surface area contributed by atoms with E-state index in [1.165, 1.54) is 6.07 Å². The number of carbonyl (C=O) groups excluding carboxylic acids is 1. The number of hydrogen-bond acceptors (Lipinski definition) is 9. The smallest absolute Gasteiger partial charge is 0.314 e. The van der Waals surface area contributed by atoms with Gasteiger partial charge in [0.1, 0.15) is 22.5 Å². The highest BCUT2D eigenvalue weighted by Crippen LogP contribution is 2.39. The minimum Gasteiger partial charge on any atom is -0.507 e. The van der Waals surface area contributed by atoms with E-state index in [0.717, 1.165) is 38.5 Å². The minimum absolute atomic E-state index is 0.0122. The Kier molecular flexibility index (Phi) is 11.9. The van der Waals surface area contributed by atoms with Crippen LogP contribution in [0.25, 0.3) is 22.3 Å². The van der Waals surface area contributed by atoms with Crippen LogP contribution in [0.15, 0.2) is 39.5 Å². The molecule has 0 saturated carbocycles. The van der Waals surface area contributed by atoms with Gasteiger partial charge in [0.15, 0.2) is 17.3 Å². The Morgan fingerprint density at radius 3 is 2.12 bits per heavy atom. The molecule has 3 rings (SSSR count). The second-order valence-electron chi connectivity index (χ2n) is 11.1. The van der Waals surface area contributed by atoms with Crippen molar-refractivity contribution in [2.24, 2.45) is 5.41 Å². The first-order chi connectivity index (χ1) is 20.1. The van der Waals surface area contributed by atoms with E-state index in [0.29, 0.717) is 42.6 Å². The Morgan fingerprint density at radius 1 is 0.833 bits per heavy atom. The Bertz CT molecular complexity index is 1390. The van der Waals surface area contributed by atoms with E-state index in [1.807, 2.05) is 6.92 Å². The van der Waals surface area contributed by atoms with Crippen molar-refractivity contribution in [3.63, 3.8) is 0 Å². The summed E-state index contributed by atoms with van der Waals surface area (Å²) < 4.78 is 35.1. The molecule has 1 N–H and O–H groups in total. The maximum atomic E-state index is 13.7. The Hall–Kier alpha value is -3.88. The van der Waals surface area contributed by atoms with E-state index >= 15 is 0 Å². The molecule has 0 radical (unpaired) electrons. The fourth-order valence-corrected chi connectivity index (χ4v) is 3.89. The molecule has 2 aromatic carbocycles. The second-order valence-corrected chi connectivity index (χ2v) is 11.1. The molecule has 0 aliphatic rings. The highest BCUT2D eigenvalue weighted by Gasteiger charge is 2.24. The number of phenolic OH excluding ortho intramolecular Hbond substituents is 1. The van der Waals surface area contributed by atoms with Crippen LogP contribution in [0.5, 0.6) is 28.7 Å². The van der Waals surface area contributed by atoms with Gasteiger partial charge in [-0.2, -0.15) is 0 Å². The van der Waals surface area contributed by atoms with Gasteiger partial charge in [0, 0.05) is 17.7 Å². The summed E-state index contributed by atoms with van der Waals surface area (Å²) in [5.41, 5.74) is -0.536. The van der Waals surface area contributed by atoms with Crippen molar-refractivity contribution in [2.45, 2.75) is 80.1 Å². The highest BCUT2D eigenvalue weighted by molar-refractivity contribution is 5.88. The van der Waals surface area contributed by atoms with Gasteiger partial charge in [0.05, 0.1) is 25.2 Å². The van der Waals surface area contributed by atoms with E-state index in [2.05, 4.69) is 13.8 Å². The van der Waals surface area contributed by atoms with Crippen LogP contribution < -0.4 is 24.4 Å². The summed E-state index contributed by atoms with van der Waals surface area (Å²) in [4.78, 5) is 26.0. The largest absolute Gasteiger partial charge is 0.507 e. The number of carbonyl (C=O) groups is 1. The second kappa shape index (κ2) is 15.4. The first-order valence-corrected chi connectivity index (χ1v) is 14.8. The lowest BCUT2D eigenvalue weighted by atomic mass is 9.98. The molecule has 0 saturated heterocycles. The lowest BCUT2D eigenvalue weighted by Gasteiger charge is -2.18. The molecule has 1 heterocycles. The zero-order valence-corrected chi connectivity index (χ0v) is 25.7. The van der Waals surface area contributed by atoms with Crippen LogP contribution in [0.4, 0.5) is 0 Å². The summed E-state index contributed by atoms with van der Waals surface area (Å²) in [6.07, 6.45) is 5.20. The van der Waals surface area contributed by atoms with Crippen LogP contribution in [0, 0.1) is 5.41 Å². The Morgan fingerprint density at radius 2 is 1.48 bits per heavy atom. The summed E-state index contributed by atoms with van der Waals surface area (Å²) >= 11 is 0. The van der Waals surface area contributed by atoms with Crippen LogP contribution in [0.2, 0.25) is 0 Å². The fraction of sp³-hybridized carbons (Fsp3) is 0.515. The van der Waals surface area contributed by atoms with E-state index in [-0.39, 0.29) is 35.0 Å². The van der Waals surface area contributed by atoms with Gasteiger partial charge in [-0.05, 0) is 58.2 Å². The average Bonchev–Trinajstić information content (AvgIpc) is 2.94. The zero-order valence-electron chi connectivity index (χ0n) is 25.7. The quantitative estimate of drug-likeness (QED) is 0.103. The third kappa shape index (κ3) is 8.57. The van der Waals surface area contributed by atoms with Gasteiger partial charge >= 0.3 is 5.97 Å². The van der Waals surface area contributed by atoms with Gasteiger partial charge in [-0.25, -0.2) is 0 Å². The van der Waals surface area contributed by atoms with Crippen LogP contribution in [0.3, 0.4) is 0 Å². The number of esters is 1. The molecule has 0 atom stereocenters. The third-order valence-electron chi connectivity index (χ3n) is 6.40. The zero-order chi connectivity index (χ0) is 30.7. The molecular weight excluding hydrogens is 540 g/mol. The molecule has 3 aromatic rings. The van der Waals surface area contributed by atoms with Gasteiger partial charge in [-0.15, -0.1) is 0 Å². The summed E-state index contributed by atoms with van der Waals surface area (Å²) in [6, 6.07) is 8.13. The Labute approximate surface area is 247 Å². The SMILES string of the molecule is CCCCOc1cc(O)c2c(=O)c(OCCCC)c(-c3ccc(OCCCC)c(OCOC(=O)C(C)(C)C)c3)oc2c1. The lowest BCUT2D eigenvalue weighted by Crippen LogP contribution is -2.24. The van der Waals surface area contributed by atoms with Crippen molar-refractivity contribution in [3.8, 4) is 40.1 Å². The molecule has 0 amide bonds. The number of phenols is 1. The normalized spacial score (nSPS) is 11.4. The first-order valence-electron chi connectivity index (χ1n) is 14.8. The molecule has 230 valence electrons. The van der Waals surface area contributed by atoms with Crippen LogP contribution >= 0.6 is 0 Å². The van der Waals surface area contributed by atoms with Gasteiger partial charge in [0.2, 0.25) is 18.0 Å². The van der Waals surface area contributed by atoms with Gasteiger partial charge < -0.3 is 33.2 Å². The van der Waals surface area contributed by atoms with E-state index in [9.17, 15) is 14.7 Å². The van der Waals surface area contributed by atoms with E-state index < -0.39 is 16.8 Å². The van der Waals surface area contributed by atoms with Crippen LogP contribution in [-0.4, -0.2) is 37.7 Å². The maximum absolute atomic E-state index is 13.7. The van der Waals surface area contributed by atoms with Crippen LogP contribution in [-0.2, 0) is 9.53 Å². The molecule has 9 nitrogen and oxygen atoms in total. The molecule has 1 aromatic heterocycles. The van der Waals surface area contributed by atoms with Crippen molar-refractivity contribution >= 4 is 16.9 Å². The highest BCUT2D eigenvalue weighted by atomic mass is 16.7. The van der Waals surface area contributed by atoms with E-state index in [1.54, 1.807) is 45.0 Å². The number of benzene rings is 2.